The second-order valence-electron chi connectivity index (χ2n) is 5.46. The van der Waals surface area contributed by atoms with Crippen molar-refractivity contribution in [1.29, 1.82) is 0 Å². The number of hydrogen-bond acceptors (Lipinski definition) is 1. The summed E-state index contributed by atoms with van der Waals surface area (Å²) in [7, 11) is 0. The van der Waals surface area contributed by atoms with Crippen molar-refractivity contribution in [3.63, 3.8) is 0 Å². The number of benzene rings is 2. The van der Waals surface area contributed by atoms with Crippen LogP contribution in [0.5, 0.6) is 0 Å². The monoisotopic (exact) mass is 311 g/mol. The van der Waals surface area contributed by atoms with E-state index in [1.54, 1.807) is 18.2 Å². The largest absolute Gasteiger partial charge is 0.369 e. The fourth-order valence-corrected chi connectivity index (χ4v) is 2.43. The van der Waals surface area contributed by atoms with Gasteiger partial charge in [0.25, 0.3) is 0 Å². The minimum atomic E-state index is -0.368. The van der Waals surface area contributed by atoms with E-state index in [0.29, 0.717) is 18.6 Å². The van der Waals surface area contributed by atoms with Gasteiger partial charge in [0.05, 0.1) is 19.1 Å². The zero-order valence-electron chi connectivity index (χ0n) is 12.6. The predicted octanol–water partition coefficient (Wildman–Crippen LogP) is 4.95. The van der Waals surface area contributed by atoms with Crippen LogP contribution in [0.3, 0.4) is 0 Å². The maximum Gasteiger partial charge on any atom is 0.123 e. The second-order valence-corrected chi connectivity index (χ2v) is 5.46. The Labute approximate surface area is 134 Å². The van der Waals surface area contributed by atoms with Gasteiger partial charge in [0.1, 0.15) is 11.6 Å². The molecule has 3 rings (SSSR count). The SMILES string of the molecule is FC1=C(Cc2ccc(F)cc2)C=CC(OCc2ccccc2)[CH]1. The quantitative estimate of drug-likeness (QED) is 0.759. The first-order chi connectivity index (χ1) is 11.2. The van der Waals surface area contributed by atoms with Gasteiger partial charge in [-0.1, -0.05) is 54.6 Å². The molecular formula is C20H17F2O. The number of hydrogen-bond donors (Lipinski definition) is 0. The van der Waals surface area contributed by atoms with E-state index in [4.69, 9.17) is 4.74 Å². The number of ether oxygens (including phenoxy) is 1. The lowest BCUT2D eigenvalue weighted by Crippen LogP contribution is -2.15. The van der Waals surface area contributed by atoms with Crippen molar-refractivity contribution in [3.05, 3.63) is 102 Å². The van der Waals surface area contributed by atoms with E-state index in [1.807, 2.05) is 36.4 Å². The van der Waals surface area contributed by atoms with E-state index in [9.17, 15) is 8.78 Å². The molecule has 0 bridgehead atoms. The summed E-state index contributed by atoms with van der Waals surface area (Å²) in [6.07, 6.45) is 5.12. The molecule has 1 unspecified atom stereocenters. The Bertz CT molecular complexity index is 702. The summed E-state index contributed by atoms with van der Waals surface area (Å²) in [6, 6.07) is 15.9. The number of halogens is 2. The van der Waals surface area contributed by atoms with Gasteiger partial charge in [-0.25, -0.2) is 8.78 Å². The van der Waals surface area contributed by atoms with Gasteiger partial charge in [-0.05, 0) is 35.3 Å². The van der Waals surface area contributed by atoms with Crippen LogP contribution in [0.25, 0.3) is 0 Å². The molecule has 3 heteroatoms. The standard InChI is InChI=1S/C20H17F2O/c21-18-9-6-15(7-10-18)12-17-8-11-19(13-20(17)22)23-14-16-4-2-1-3-5-16/h1-11,13,19H,12,14H2. The van der Waals surface area contributed by atoms with E-state index in [1.165, 1.54) is 18.6 Å². The molecule has 2 aromatic rings. The van der Waals surface area contributed by atoms with Crippen molar-refractivity contribution >= 4 is 0 Å². The van der Waals surface area contributed by atoms with Crippen molar-refractivity contribution in [1.82, 2.24) is 0 Å². The van der Waals surface area contributed by atoms with Crippen LogP contribution < -0.4 is 0 Å². The van der Waals surface area contributed by atoms with Crippen molar-refractivity contribution in [2.75, 3.05) is 0 Å². The molecule has 1 aliphatic carbocycles. The molecule has 0 fully saturated rings. The van der Waals surface area contributed by atoms with Crippen LogP contribution in [0, 0.1) is 12.2 Å². The normalized spacial score (nSPS) is 17.6. The molecule has 1 atom stereocenters. The molecule has 1 radical (unpaired) electrons. The molecule has 0 saturated carbocycles. The highest BCUT2D eigenvalue weighted by atomic mass is 19.1. The van der Waals surface area contributed by atoms with Crippen molar-refractivity contribution < 1.29 is 13.5 Å². The molecule has 2 aromatic carbocycles. The van der Waals surface area contributed by atoms with Gasteiger partial charge < -0.3 is 4.74 Å². The van der Waals surface area contributed by atoms with Crippen molar-refractivity contribution in [2.24, 2.45) is 0 Å². The van der Waals surface area contributed by atoms with Gasteiger partial charge in [0, 0.05) is 0 Å². The lowest BCUT2D eigenvalue weighted by Gasteiger charge is -2.18. The number of allylic oxidation sites excluding steroid dienone is 2. The molecule has 23 heavy (non-hydrogen) atoms. The van der Waals surface area contributed by atoms with E-state index in [2.05, 4.69) is 0 Å². The van der Waals surface area contributed by atoms with Crippen molar-refractivity contribution in [3.8, 4) is 0 Å². The van der Waals surface area contributed by atoms with Crippen LogP contribution in [0.4, 0.5) is 8.78 Å². The smallest absolute Gasteiger partial charge is 0.123 e. The molecule has 0 N–H and O–H groups in total. The van der Waals surface area contributed by atoms with Crippen LogP contribution in [-0.4, -0.2) is 6.10 Å². The Hall–Kier alpha value is -2.26. The third kappa shape index (κ3) is 4.36. The summed E-state index contributed by atoms with van der Waals surface area (Å²) in [5.74, 6) is -0.571. The average Bonchev–Trinajstić information content (AvgIpc) is 2.58. The zero-order chi connectivity index (χ0) is 16.1. The summed E-state index contributed by atoms with van der Waals surface area (Å²) in [6.45, 7) is 0.437. The van der Waals surface area contributed by atoms with Crippen molar-refractivity contribution in [2.45, 2.75) is 19.1 Å². The molecule has 0 heterocycles. The first-order valence-electron chi connectivity index (χ1n) is 7.52. The topological polar surface area (TPSA) is 9.23 Å². The van der Waals surface area contributed by atoms with Gasteiger partial charge >= 0.3 is 0 Å². The third-order valence-electron chi connectivity index (χ3n) is 3.70. The Balaban J connectivity index is 1.57. The van der Waals surface area contributed by atoms with E-state index in [-0.39, 0.29) is 17.7 Å². The Morgan fingerprint density at radius 2 is 1.61 bits per heavy atom. The fraction of sp³-hybridized carbons (Fsp3) is 0.150. The second kappa shape index (κ2) is 7.34. The maximum atomic E-state index is 14.2. The highest BCUT2D eigenvalue weighted by molar-refractivity contribution is 5.38. The van der Waals surface area contributed by atoms with Gasteiger partial charge in [0.15, 0.2) is 0 Å². The molecule has 0 saturated heterocycles. The molecule has 1 aliphatic rings. The Morgan fingerprint density at radius 3 is 2.30 bits per heavy atom. The highest BCUT2D eigenvalue weighted by Gasteiger charge is 2.17. The molecule has 0 aliphatic heterocycles. The Kier molecular flexibility index (Phi) is 4.99. The average molecular weight is 311 g/mol. The zero-order valence-corrected chi connectivity index (χ0v) is 12.6. The van der Waals surface area contributed by atoms with Crippen LogP contribution in [-0.2, 0) is 17.8 Å². The van der Waals surface area contributed by atoms with Gasteiger partial charge in [-0.2, -0.15) is 0 Å². The van der Waals surface area contributed by atoms with E-state index in [0.717, 1.165) is 11.1 Å². The van der Waals surface area contributed by atoms with E-state index >= 15 is 0 Å². The predicted molar refractivity (Wildman–Crippen MR) is 86.7 cm³/mol. The lowest BCUT2D eigenvalue weighted by molar-refractivity contribution is 0.0906. The van der Waals surface area contributed by atoms with Crippen LogP contribution in [0.1, 0.15) is 11.1 Å². The summed E-state index contributed by atoms with van der Waals surface area (Å²) in [5, 5.41) is 0. The Morgan fingerprint density at radius 1 is 0.870 bits per heavy atom. The lowest BCUT2D eigenvalue weighted by atomic mass is 9.97. The van der Waals surface area contributed by atoms with Gasteiger partial charge in [-0.15, -0.1) is 0 Å². The summed E-state index contributed by atoms with van der Waals surface area (Å²) in [5.41, 5.74) is 2.50. The summed E-state index contributed by atoms with van der Waals surface area (Å²) in [4.78, 5) is 0. The first-order valence-corrected chi connectivity index (χ1v) is 7.52. The fourth-order valence-electron chi connectivity index (χ4n) is 2.43. The summed E-state index contributed by atoms with van der Waals surface area (Å²) < 4.78 is 32.8. The molecular weight excluding hydrogens is 294 g/mol. The molecule has 0 spiro atoms. The van der Waals surface area contributed by atoms with Gasteiger partial charge in [-0.3, -0.25) is 0 Å². The number of rotatable bonds is 5. The van der Waals surface area contributed by atoms with Crippen LogP contribution in [0.15, 0.2) is 78.1 Å². The highest BCUT2D eigenvalue weighted by Crippen LogP contribution is 2.25. The summed E-state index contributed by atoms with van der Waals surface area (Å²) >= 11 is 0. The van der Waals surface area contributed by atoms with Gasteiger partial charge in [0.2, 0.25) is 0 Å². The molecule has 0 aromatic heterocycles. The van der Waals surface area contributed by atoms with E-state index < -0.39 is 0 Å². The minimum absolute atomic E-state index is 0.283. The molecule has 1 nitrogen and oxygen atoms in total. The maximum absolute atomic E-state index is 14.2. The minimum Gasteiger partial charge on any atom is -0.369 e. The van der Waals surface area contributed by atoms with Crippen LogP contribution >= 0.6 is 0 Å². The molecule has 0 amide bonds. The van der Waals surface area contributed by atoms with Crippen LogP contribution in [0.2, 0.25) is 0 Å². The third-order valence-corrected chi connectivity index (χ3v) is 3.70. The molecule has 117 valence electrons. The first kappa shape index (κ1) is 15.6.